The molecule has 0 saturated heterocycles. The van der Waals surface area contributed by atoms with Crippen LogP contribution >= 0.6 is 12.2 Å². The number of thiocarbonyl (C=S) groups is 1. The summed E-state index contributed by atoms with van der Waals surface area (Å²) >= 11 is 5.46. The number of ether oxygens (including phenoxy) is 1. The Labute approximate surface area is 194 Å². The summed E-state index contributed by atoms with van der Waals surface area (Å²) in [4.78, 5) is 0.759. The molecular formula is C27H40O3S. The van der Waals surface area contributed by atoms with E-state index in [-0.39, 0.29) is 23.9 Å². The predicted octanol–water partition coefficient (Wildman–Crippen LogP) is 6.22. The standard InChI is InChI=1S/C27H40O3S/c1-7-21-12-13-22-19(9-8-14-26(21,22)6)10-11-20-15-27(29,16-23(28)18(20)2)30-17-24(31)25(3,4)5/h10-12,22-23,28-29H,2,7-9,13-17H2,1,3-6H3/t22-,23?,26+,27-/m0/s1. The van der Waals surface area contributed by atoms with E-state index in [1.807, 2.05) is 20.8 Å². The lowest BCUT2D eigenvalue weighted by atomic mass is 9.64. The van der Waals surface area contributed by atoms with Crippen LogP contribution in [0.2, 0.25) is 0 Å². The van der Waals surface area contributed by atoms with Gasteiger partial charge in [0.15, 0.2) is 5.79 Å². The molecule has 0 aromatic carbocycles. The summed E-state index contributed by atoms with van der Waals surface area (Å²) < 4.78 is 5.86. The molecule has 3 nitrogen and oxygen atoms in total. The summed E-state index contributed by atoms with van der Waals surface area (Å²) in [5, 5.41) is 21.6. The van der Waals surface area contributed by atoms with E-state index >= 15 is 0 Å². The largest absolute Gasteiger partial charge is 0.388 e. The minimum atomic E-state index is -1.42. The molecule has 4 heteroatoms. The van der Waals surface area contributed by atoms with Crippen molar-refractivity contribution < 1.29 is 14.9 Å². The van der Waals surface area contributed by atoms with E-state index in [0.717, 1.165) is 29.7 Å². The smallest absolute Gasteiger partial charge is 0.172 e. The van der Waals surface area contributed by atoms with Gasteiger partial charge in [-0.25, -0.2) is 0 Å². The Kier molecular flexibility index (Phi) is 7.17. The van der Waals surface area contributed by atoms with Crippen molar-refractivity contribution >= 4 is 17.1 Å². The lowest BCUT2D eigenvalue weighted by Crippen LogP contribution is -2.43. The van der Waals surface area contributed by atoms with Gasteiger partial charge in [-0.05, 0) is 60.0 Å². The second-order valence-corrected chi connectivity index (χ2v) is 11.4. The van der Waals surface area contributed by atoms with Gasteiger partial charge in [0.1, 0.15) is 0 Å². The zero-order valence-electron chi connectivity index (χ0n) is 20.0. The van der Waals surface area contributed by atoms with Crippen molar-refractivity contribution in [2.75, 3.05) is 6.61 Å². The van der Waals surface area contributed by atoms with Crippen LogP contribution in [-0.4, -0.2) is 33.6 Å². The molecule has 2 fully saturated rings. The van der Waals surface area contributed by atoms with Crippen LogP contribution in [0.25, 0.3) is 0 Å². The highest BCUT2D eigenvalue weighted by Crippen LogP contribution is 2.55. The maximum absolute atomic E-state index is 11.1. The van der Waals surface area contributed by atoms with Crippen molar-refractivity contribution in [2.24, 2.45) is 16.7 Å². The fourth-order valence-electron chi connectivity index (χ4n) is 5.48. The first-order valence-corrected chi connectivity index (χ1v) is 12.2. The summed E-state index contributed by atoms with van der Waals surface area (Å²) in [6, 6.07) is 0. The average Bonchev–Trinajstić information content (AvgIpc) is 3.03. The Hall–Kier alpha value is -1.07. The molecule has 1 unspecified atom stereocenters. The van der Waals surface area contributed by atoms with E-state index in [0.29, 0.717) is 17.9 Å². The zero-order chi connectivity index (χ0) is 23.0. The maximum atomic E-state index is 11.1. The van der Waals surface area contributed by atoms with Gasteiger partial charge in [-0.1, -0.05) is 82.8 Å². The van der Waals surface area contributed by atoms with Crippen molar-refractivity contribution in [3.63, 3.8) is 0 Å². The average molecular weight is 445 g/mol. The van der Waals surface area contributed by atoms with E-state index in [2.05, 4.69) is 38.7 Å². The van der Waals surface area contributed by atoms with Crippen LogP contribution in [0.4, 0.5) is 0 Å². The molecule has 172 valence electrons. The van der Waals surface area contributed by atoms with Crippen LogP contribution < -0.4 is 0 Å². The second-order valence-electron chi connectivity index (χ2n) is 10.9. The Bertz CT molecular complexity index is 828. The van der Waals surface area contributed by atoms with Crippen LogP contribution in [0.5, 0.6) is 0 Å². The van der Waals surface area contributed by atoms with E-state index < -0.39 is 11.9 Å². The monoisotopic (exact) mass is 444 g/mol. The van der Waals surface area contributed by atoms with Gasteiger partial charge in [0.05, 0.1) is 12.7 Å². The third-order valence-corrected chi connectivity index (χ3v) is 8.42. The van der Waals surface area contributed by atoms with Crippen LogP contribution in [0, 0.1) is 16.7 Å². The molecule has 3 aliphatic rings. The van der Waals surface area contributed by atoms with Gasteiger partial charge in [-0.2, -0.15) is 0 Å². The molecular weight excluding hydrogens is 404 g/mol. The normalized spacial score (nSPS) is 36.6. The SMILES string of the molecule is C=C1C(=CC=C2CCC[C@]3(C)C(CC)=CC[C@@H]23)C[C@](O)(OCC(=S)C(C)(C)C)CC1O. The first kappa shape index (κ1) is 24.6. The van der Waals surface area contributed by atoms with Crippen molar-refractivity contribution in [3.8, 4) is 0 Å². The minimum absolute atomic E-state index is 0.122. The van der Waals surface area contributed by atoms with E-state index in [1.165, 1.54) is 18.4 Å². The highest BCUT2D eigenvalue weighted by Gasteiger charge is 2.44. The molecule has 0 aromatic rings. The number of aliphatic hydroxyl groups excluding tert-OH is 1. The van der Waals surface area contributed by atoms with E-state index in [4.69, 9.17) is 17.0 Å². The van der Waals surface area contributed by atoms with Gasteiger partial charge in [-0.15, -0.1) is 0 Å². The Balaban J connectivity index is 1.78. The summed E-state index contributed by atoms with van der Waals surface area (Å²) in [6.07, 6.45) is 12.2. The second kappa shape index (κ2) is 9.05. The minimum Gasteiger partial charge on any atom is -0.388 e. The highest BCUT2D eigenvalue weighted by molar-refractivity contribution is 7.80. The molecule has 0 bridgehead atoms. The van der Waals surface area contributed by atoms with Crippen molar-refractivity contribution in [3.05, 3.63) is 47.1 Å². The molecule has 0 spiro atoms. The van der Waals surface area contributed by atoms with Gasteiger partial charge in [-0.3, -0.25) is 0 Å². The number of fused-ring (bicyclic) bond motifs is 1. The lowest BCUT2D eigenvalue weighted by molar-refractivity contribution is -0.211. The van der Waals surface area contributed by atoms with Gasteiger partial charge in [0, 0.05) is 17.7 Å². The van der Waals surface area contributed by atoms with Crippen LogP contribution in [-0.2, 0) is 4.74 Å². The molecule has 0 aliphatic heterocycles. The molecule has 4 atom stereocenters. The summed E-state index contributed by atoms with van der Waals surface area (Å²) in [5.74, 6) is -0.861. The summed E-state index contributed by atoms with van der Waals surface area (Å²) in [7, 11) is 0. The number of aliphatic hydroxyl groups is 2. The Morgan fingerprint density at radius 1 is 1.35 bits per heavy atom. The van der Waals surface area contributed by atoms with Crippen molar-refractivity contribution in [1.82, 2.24) is 0 Å². The summed E-state index contributed by atoms with van der Waals surface area (Å²) in [6.45, 7) is 15.1. The zero-order valence-corrected chi connectivity index (χ0v) is 20.8. The molecule has 0 amide bonds. The number of hydrogen-bond acceptors (Lipinski definition) is 4. The molecule has 2 saturated carbocycles. The molecule has 3 rings (SSSR count). The fraction of sp³-hybridized carbons (Fsp3) is 0.667. The Morgan fingerprint density at radius 2 is 2.06 bits per heavy atom. The molecule has 31 heavy (non-hydrogen) atoms. The quantitative estimate of drug-likeness (QED) is 0.300. The molecule has 2 N–H and O–H groups in total. The predicted molar refractivity (Wildman–Crippen MR) is 132 cm³/mol. The van der Waals surface area contributed by atoms with Crippen LogP contribution in [0.3, 0.4) is 0 Å². The van der Waals surface area contributed by atoms with Crippen molar-refractivity contribution in [1.29, 1.82) is 0 Å². The fourth-order valence-corrected chi connectivity index (χ4v) is 5.54. The van der Waals surface area contributed by atoms with E-state index in [1.54, 1.807) is 5.57 Å². The van der Waals surface area contributed by atoms with Gasteiger partial charge in [0.25, 0.3) is 0 Å². The third kappa shape index (κ3) is 5.13. The van der Waals surface area contributed by atoms with Crippen LogP contribution in [0.1, 0.15) is 79.6 Å². The highest BCUT2D eigenvalue weighted by atomic mass is 32.1. The van der Waals surface area contributed by atoms with Gasteiger partial charge < -0.3 is 14.9 Å². The molecule has 3 aliphatic carbocycles. The first-order chi connectivity index (χ1) is 14.4. The maximum Gasteiger partial charge on any atom is 0.172 e. The number of allylic oxidation sites excluding steroid dienone is 5. The van der Waals surface area contributed by atoms with Crippen molar-refractivity contribution in [2.45, 2.75) is 91.5 Å². The Morgan fingerprint density at radius 3 is 2.71 bits per heavy atom. The molecule has 0 heterocycles. The number of rotatable bonds is 5. The topological polar surface area (TPSA) is 49.7 Å². The van der Waals surface area contributed by atoms with E-state index in [9.17, 15) is 10.2 Å². The van der Waals surface area contributed by atoms with Crippen LogP contribution in [0.15, 0.2) is 47.1 Å². The lowest BCUT2D eigenvalue weighted by Gasteiger charge is -2.41. The third-order valence-electron chi connectivity index (χ3n) is 7.69. The van der Waals surface area contributed by atoms with Gasteiger partial charge in [0.2, 0.25) is 0 Å². The number of hydrogen-bond donors (Lipinski definition) is 2. The molecule has 0 radical (unpaired) electrons. The summed E-state index contributed by atoms with van der Waals surface area (Å²) in [5.41, 5.74) is 4.75. The molecule has 0 aromatic heterocycles. The van der Waals surface area contributed by atoms with Gasteiger partial charge >= 0.3 is 0 Å². The first-order valence-electron chi connectivity index (χ1n) is 11.8.